The zero-order chi connectivity index (χ0) is 23.6. The smallest absolute Gasteiger partial charge is 0.407 e. The number of carboxylic acid groups (broad SMARTS) is 1. The summed E-state index contributed by atoms with van der Waals surface area (Å²) in [5.74, 6) is -1.26. The molecule has 2 aromatic carbocycles. The number of alkyl carbamates (subject to hydrolysis) is 1. The highest BCUT2D eigenvalue weighted by Crippen LogP contribution is 2.44. The summed E-state index contributed by atoms with van der Waals surface area (Å²) in [7, 11) is 0. The Labute approximate surface area is 195 Å². The van der Waals surface area contributed by atoms with E-state index in [-0.39, 0.29) is 25.6 Å². The Hall–Kier alpha value is -3.04. The van der Waals surface area contributed by atoms with E-state index in [9.17, 15) is 19.5 Å². The molecule has 1 atom stereocenters. The molecule has 0 saturated carbocycles. The fourth-order valence-electron chi connectivity index (χ4n) is 4.37. The summed E-state index contributed by atoms with van der Waals surface area (Å²) in [6.07, 6.45) is 1.55. The van der Waals surface area contributed by atoms with Crippen LogP contribution in [0.4, 0.5) is 4.79 Å². The number of amides is 2. The van der Waals surface area contributed by atoms with Gasteiger partial charge >= 0.3 is 12.1 Å². The number of carboxylic acids is 1. The van der Waals surface area contributed by atoms with Crippen LogP contribution in [0.25, 0.3) is 11.1 Å². The number of aliphatic hydroxyl groups is 1. The number of nitrogens with one attached hydrogen (secondary N) is 1. The molecule has 4 rings (SSSR count). The summed E-state index contributed by atoms with van der Waals surface area (Å²) in [6.45, 7) is -0.474. The van der Waals surface area contributed by atoms with Crippen LogP contribution in [0.5, 0.6) is 0 Å². The van der Waals surface area contributed by atoms with Gasteiger partial charge in [-0.1, -0.05) is 48.5 Å². The third kappa shape index (κ3) is 4.56. The van der Waals surface area contributed by atoms with Crippen LogP contribution in [0.1, 0.15) is 23.5 Å². The number of carbonyl (C=O) groups excluding carboxylic acids is 2. The van der Waals surface area contributed by atoms with Crippen LogP contribution in [0.3, 0.4) is 0 Å². The summed E-state index contributed by atoms with van der Waals surface area (Å²) < 4.78 is 5.54. The molecular formula is C24H26N2O6S. The van der Waals surface area contributed by atoms with Crippen molar-refractivity contribution in [2.45, 2.75) is 24.0 Å². The van der Waals surface area contributed by atoms with Crippen molar-refractivity contribution in [2.24, 2.45) is 0 Å². The average Bonchev–Trinajstić information content (AvgIpc) is 3.11. The van der Waals surface area contributed by atoms with E-state index in [1.807, 2.05) is 42.7 Å². The molecular weight excluding hydrogens is 444 g/mol. The van der Waals surface area contributed by atoms with E-state index in [1.165, 1.54) is 16.7 Å². The highest BCUT2D eigenvalue weighted by molar-refractivity contribution is 7.98. The lowest BCUT2D eigenvalue weighted by Crippen LogP contribution is -2.69. The average molecular weight is 471 g/mol. The van der Waals surface area contributed by atoms with Crippen molar-refractivity contribution in [3.63, 3.8) is 0 Å². The van der Waals surface area contributed by atoms with Crippen LogP contribution in [0.2, 0.25) is 0 Å². The number of hydrogen-bond acceptors (Lipinski definition) is 6. The van der Waals surface area contributed by atoms with Crippen molar-refractivity contribution in [3.05, 3.63) is 59.7 Å². The van der Waals surface area contributed by atoms with Gasteiger partial charge < -0.3 is 25.2 Å². The summed E-state index contributed by atoms with van der Waals surface area (Å²) in [5.41, 5.74) is 2.51. The largest absolute Gasteiger partial charge is 0.479 e. The molecule has 0 aromatic heterocycles. The number of ether oxygens (including phenoxy) is 1. The number of carbonyl (C=O) groups is 3. The minimum atomic E-state index is -1.93. The van der Waals surface area contributed by atoms with Gasteiger partial charge in [-0.05, 0) is 40.7 Å². The summed E-state index contributed by atoms with van der Waals surface area (Å²) in [5, 5.41) is 21.6. The van der Waals surface area contributed by atoms with Crippen LogP contribution in [-0.2, 0) is 14.3 Å². The van der Waals surface area contributed by atoms with Crippen LogP contribution >= 0.6 is 11.8 Å². The van der Waals surface area contributed by atoms with Gasteiger partial charge in [0.15, 0.2) is 5.60 Å². The molecule has 2 aliphatic rings. The first-order valence-corrected chi connectivity index (χ1v) is 12.1. The minimum absolute atomic E-state index is 0.0931. The van der Waals surface area contributed by atoms with Gasteiger partial charge in [0.1, 0.15) is 12.6 Å². The molecule has 1 saturated heterocycles. The normalized spacial score (nSPS) is 16.8. The maximum atomic E-state index is 12.8. The van der Waals surface area contributed by atoms with Gasteiger partial charge in [0.05, 0.1) is 13.1 Å². The number of rotatable bonds is 8. The molecule has 9 heteroatoms. The number of thioether (sulfide) groups is 1. The Morgan fingerprint density at radius 3 is 2.24 bits per heavy atom. The molecule has 3 N–H and O–H groups in total. The lowest BCUT2D eigenvalue weighted by Gasteiger charge is -2.44. The van der Waals surface area contributed by atoms with Crippen LogP contribution in [0.15, 0.2) is 48.5 Å². The molecule has 1 aliphatic heterocycles. The fourth-order valence-corrected chi connectivity index (χ4v) is 4.84. The third-order valence-corrected chi connectivity index (χ3v) is 6.80. The molecule has 1 aliphatic carbocycles. The molecule has 33 heavy (non-hydrogen) atoms. The molecule has 0 radical (unpaired) electrons. The number of nitrogens with zero attached hydrogens (tertiary/aromatic N) is 1. The minimum Gasteiger partial charge on any atom is -0.479 e. The van der Waals surface area contributed by atoms with Crippen LogP contribution in [0, 0.1) is 0 Å². The number of aliphatic carboxylic acids is 1. The fraction of sp³-hybridized carbons (Fsp3) is 0.375. The number of fused-ring (bicyclic) bond motifs is 3. The van der Waals surface area contributed by atoms with Crippen molar-refractivity contribution in [2.75, 3.05) is 31.7 Å². The Morgan fingerprint density at radius 1 is 1.12 bits per heavy atom. The molecule has 2 amide bonds. The van der Waals surface area contributed by atoms with Gasteiger partial charge in [-0.25, -0.2) is 9.59 Å². The molecule has 174 valence electrons. The SMILES string of the molecule is CSCCC(NC(=O)OCC1c2ccccc2-c2ccccc21)C(=O)N1CC(O)(C(=O)O)C1. The Morgan fingerprint density at radius 2 is 1.70 bits per heavy atom. The van der Waals surface area contributed by atoms with E-state index >= 15 is 0 Å². The van der Waals surface area contributed by atoms with Crippen molar-refractivity contribution < 1.29 is 29.3 Å². The Balaban J connectivity index is 1.39. The van der Waals surface area contributed by atoms with Crippen LogP contribution in [-0.4, -0.2) is 76.4 Å². The molecule has 1 fully saturated rings. The van der Waals surface area contributed by atoms with Crippen molar-refractivity contribution in [3.8, 4) is 11.1 Å². The summed E-state index contributed by atoms with van der Waals surface area (Å²) in [4.78, 5) is 37.8. The Bertz CT molecular complexity index is 1020. The molecule has 0 bridgehead atoms. The Kier molecular flexibility index (Phi) is 6.62. The highest BCUT2D eigenvalue weighted by atomic mass is 32.2. The van der Waals surface area contributed by atoms with Gasteiger partial charge in [-0.15, -0.1) is 0 Å². The van der Waals surface area contributed by atoms with E-state index in [0.717, 1.165) is 22.3 Å². The van der Waals surface area contributed by atoms with E-state index < -0.39 is 29.6 Å². The highest BCUT2D eigenvalue weighted by Gasteiger charge is 2.51. The molecule has 1 heterocycles. The van der Waals surface area contributed by atoms with Crippen molar-refractivity contribution in [1.82, 2.24) is 10.2 Å². The van der Waals surface area contributed by atoms with E-state index in [4.69, 9.17) is 9.84 Å². The molecule has 0 spiro atoms. The molecule has 2 aromatic rings. The first kappa shape index (κ1) is 23.1. The quantitative estimate of drug-likeness (QED) is 0.542. The number of hydrogen-bond donors (Lipinski definition) is 3. The van der Waals surface area contributed by atoms with Crippen molar-refractivity contribution >= 4 is 29.7 Å². The third-order valence-electron chi connectivity index (χ3n) is 6.16. The van der Waals surface area contributed by atoms with E-state index in [0.29, 0.717) is 12.2 Å². The lowest BCUT2D eigenvalue weighted by atomic mass is 9.93. The van der Waals surface area contributed by atoms with E-state index in [1.54, 1.807) is 0 Å². The summed E-state index contributed by atoms with van der Waals surface area (Å²) in [6, 6.07) is 15.2. The van der Waals surface area contributed by atoms with Gasteiger partial charge in [-0.3, -0.25) is 4.79 Å². The number of likely N-dealkylation sites (tertiary alicyclic amines) is 1. The maximum absolute atomic E-state index is 12.8. The zero-order valence-electron chi connectivity index (χ0n) is 18.2. The zero-order valence-corrected chi connectivity index (χ0v) is 19.0. The topological polar surface area (TPSA) is 116 Å². The number of benzene rings is 2. The first-order valence-electron chi connectivity index (χ1n) is 10.7. The maximum Gasteiger partial charge on any atom is 0.407 e. The predicted molar refractivity (Wildman–Crippen MR) is 124 cm³/mol. The summed E-state index contributed by atoms with van der Waals surface area (Å²) >= 11 is 1.53. The second-order valence-corrected chi connectivity index (χ2v) is 9.32. The molecule has 1 unspecified atom stereocenters. The van der Waals surface area contributed by atoms with Gasteiger partial charge in [0, 0.05) is 5.92 Å². The standard InChI is InChI=1S/C24H26N2O6S/c1-33-11-10-20(21(27)26-13-24(31,14-26)22(28)29)25-23(30)32-12-19-17-8-4-2-6-15(17)16-7-3-5-9-18(16)19/h2-9,19-20,31H,10-14H2,1H3,(H,25,30)(H,28,29). The second kappa shape index (κ2) is 9.44. The van der Waals surface area contributed by atoms with Gasteiger partial charge in [-0.2, -0.15) is 11.8 Å². The number of β-amino-alcohol motifs (C(OH)–C–C–N with tert-alkyl or cyclic N) is 1. The molecule has 8 nitrogen and oxygen atoms in total. The first-order chi connectivity index (χ1) is 15.8. The van der Waals surface area contributed by atoms with Crippen molar-refractivity contribution in [1.29, 1.82) is 0 Å². The monoisotopic (exact) mass is 470 g/mol. The van der Waals surface area contributed by atoms with Crippen LogP contribution < -0.4 is 5.32 Å². The van der Waals surface area contributed by atoms with Gasteiger partial charge in [0.25, 0.3) is 0 Å². The second-order valence-electron chi connectivity index (χ2n) is 8.33. The van der Waals surface area contributed by atoms with E-state index in [2.05, 4.69) is 17.4 Å². The van der Waals surface area contributed by atoms with Gasteiger partial charge in [0.2, 0.25) is 5.91 Å². The lowest BCUT2D eigenvalue weighted by molar-refractivity contribution is -0.182. The predicted octanol–water partition coefficient (Wildman–Crippen LogP) is 2.30.